The molecule has 1 rings (SSSR count). The second-order valence-electron chi connectivity index (χ2n) is 4.00. The molecule has 1 fully saturated rings. The molecule has 0 saturated carbocycles. The van der Waals surface area contributed by atoms with Crippen molar-refractivity contribution in [1.82, 2.24) is 4.90 Å². The van der Waals surface area contributed by atoms with Crippen molar-refractivity contribution in [2.24, 2.45) is 0 Å². The standard InChI is InChI=1S/C12H21NO3/c1-2-3-4-5-6-11(12(14)15)13-7-9-16-10-8-13/h5-6,11H,2-4,7-10H2,1H3,(H,14,15)/b6-5+. The van der Waals surface area contributed by atoms with Crippen molar-refractivity contribution < 1.29 is 14.6 Å². The highest BCUT2D eigenvalue weighted by molar-refractivity contribution is 5.75. The third-order valence-electron chi connectivity index (χ3n) is 2.73. The van der Waals surface area contributed by atoms with E-state index in [1.54, 1.807) is 0 Å². The molecule has 16 heavy (non-hydrogen) atoms. The van der Waals surface area contributed by atoms with Crippen LogP contribution in [0.5, 0.6) is 0 Å². The number of hydrogen-bond acceptors (Lipinski definition) is 3. The van der Waals surface area contributed by atoms with E-state index in [2.05, 4.69) is 6.92 Å². The third kappa shape index (κ3) is 4.33. The zero-order valence-corrected chi connectivity index (χ0v) is 9.89. The summed E-state index contributed by atoms with van der Waals surface area (Å²) in [4.78, 5) is 13.1. The number of carboxylic acids is 1. The van der Waals surface area contributed by atoms with E-state index in [0.717, 1.165) is 19.3 Å². The van der Waals surface area contributed by atoms with E-state index in [9.17, 15) is 4.79 Å². The molecule has 1 heterocycles. The molecule has 1 N–H and O–H groups in total. The van der Waals surface area contributed by atoms with Gasteiger partial charge in [0.2, 0.25) is 0 Å². The molecular weight excluding hydrogens is 206 g/mol. The number of hydrogen-bond donors (Lipinski definition) is 1. The monoisotopic (exact) mass is 227 g/mol. The molecule has 92 valence electrons. The van der Waals surface area contributed by atoms with E-state index in [1.807, 2.05) is 17.1 Å². The maximum atomic E-state index is 11.1. The van der Waals surface area contributed by atoms with E-state index >= 15 is 0 Å². The number of rotatable bonds is 6. The smallest absolute Gasteiger partial charge is 0.324 e. The van der Waals surface area contributed by atoms with Crippen LogP contribution in [0, 0.1) is 0 Å². The first kappa shape index (κ1) is 13.2. The molecule has 1 aliphatic heterocycles. The highest BCUT2D eigenvalue weighted by atomic mass is 16.5. The van der Waals surface area contributed by atoms with Crippen LogP contribution >= 0.6 is 0 Å². The molecule has 0 amide bonds. The maximum absolute atomic E-state index is 11.1. The summed E-state index contributed by atoms with van der Waals surface area (Å²) >= 11 is 0. The minimum Gasteiger partial charge on any atom is -0.480 e. The van der Waals surface area contributed by atoms with Crippen LogP contribution < -0.4 is 0 Å². The van der Waals surface area contributed by atoms with Crippen LogP contribution in [-0.4, -0.2) is 48.3 Å². The first-order valence-corrected chi connectivity index (χ1v) is 5.97. The van der Waals surface area contributed by atoms with Gasteiger partial charge in [-0.05, 0) is 6.42 Å². The Bertz CT molecular complexity index is 234. The van der Waals surface area contributed by atoms with Gasteiger partial charge < -0.3 is 9.84 Å². The molecular formula is C12H21NO3. The summed E-state index contributed by atoms with van der Waals surface area (Å²) in [5.74, 6) is -0.769. The summed E-state index contributed by atoms with van der Waals surface area (Å²) in [6.45, 7) is 4.80. The average Bonchev–Trinajstić information content (AvgIpc) is 2.30. The number of unbranched alkanes of at least 4 members (excludes halogenated alkanes) is 2. The lowest BCUT2D eigenvalue weighted by molar-refractivity contribution is -0.142. The van der Waals surface area contributed by atoms with Crippen LogP contribution in [0.15, 0.2) is 12.2 Å². The number of morpholine rings is 1. The Kier molecular flexibility index (Phi) is 6.11. The molecule has 0 aromatic rings. The zero-order chi connectivity index (χ0) is 11.8. The molecule has 0 aromatic heterocycles. The third-order valence-corrected chi connectivity index (χ3v) is 2.73. The van der Waals surface area contributed by atoms with Gasteiger partial charge in [-0.3, -0.25) is 9.69 Å². The van der Waals surface area contributed by atoms with Crippen LogP contribution in [0.3, 0.4) is 0 Å². The second-order valence-corrected chi connectivity index (χ2v) is 4.00. The van der Waals surface area contributed by atoms with Crippen LogP contribution in [0.1, 0.15) is 26.2 Å². The number of ether oxygens (including phenoxy) is 1. The first-order chi connectivity index (χ1) is 7.75. The van der Waals surface area contributed by atoms with E-state index in [1.165, 1.54) is 0 Å². The van der Waals surface area contributed by atoms with Gasteiger partial charge in [-0.2, -0.15) is 0 Å². The Morgan fingerprint density at radius 3 is 2.75 bits per heavy atom. The summed E-state index contributed by atoms with van der Waals surface area (Å²) in [7, 11) is 0. The van der Waals surface area contributed by atoms with Crippen LogP contribution in [0.2, 0.25) is 0 Å². The van der Waals surface area contributed by atoms with E-state index in [4.69, 9.17) is 9.84 Å². The lowest BCUT2D eigenvalue weighted by Gasteiger charge is -2.30. The van der Waals surface area contributed by atoms with Gasteiger partial charge >= 0.3 is 5.97 Å². The second kappa shape index (κ2) is 7.41. The molecule has 0 bridgehead atoms. The van der Waals surface area contributed by atoms with Gasteiger partial charge in [-0.25, -0.2) is 0 Å². The van der Waals surface area contributed by atoms with Crippen LogP contribution in [0.25, 0.3) is 0 Å². The SMILES string of the molecule is CCCC/C=C/C(C(=O)O)N1CCOCC1. The largest absolute Gasteiger partial charge is 0.480 e. The molecule has 4 nitrogen and oxygen atoms in total. The van der Waals surface area contributed by atoms with Gasteiger partial charge in [0.15, 0.2) is 0 Å². The predicted molar refractivity (Wildman–Crippen MR) is 62.5 cm³/mol. The molecule has 0 aliphatic carbocycles. The topological polar surface area (TPSA) is 49.8 Å². The van der Waals surface area contributed by atoms with Gasteiger partial charge in [0.1, 0.15) is 6.04 Å². The van der Waals surface area contributed by atoms with Crippen molar-refractivity contribution in [3.05, 3.63) is 12.2 Å². The zero-order valence-electron chi connectivity index (χ0n) is 9.89. The summed E-state index contributed by atoms with van der Waals surface area (Å²) in [5.41, 5.74) is 0. The normalized spacial score (nSPS) is 20.1. The summed E-state index contributed by atoms with van der Waals surface area (Å²) in [5, 5.41) is 9.15. The summed E-state index contributed by atoms with van der Waals surface area (Å²) in [6.07, 6.45) is 7.01. The number of carboxylic acid groups (broad SMARTS) is 1. The molecule has 1 aliphatic rings. The van der Waals surface area contributed by atoms with Gasteiger partial charge in [0, 0.05) is 13.1 Å². The highest BCUT2D eigenvalue weighted by Crippen LogP contribution is 2.07. The van der Waals surface area contributed by atoms with Crippen molar-refractivity contribution in [3.8, 4) is 0 Å². The molecule has 1 unspecified atom stereocenters. The van der Waals surface area contributed by atoms with E-state index in [-0.39, 0.29) is 0 Å². The molecule has 0 spiro atoms. The molecule has 1 saturated heterocycles. The predicted octanol–water partition coefficient (Wildman–Crippen LogP) is 1.52. The first-order valence-electron chi connectivity index (χ1n) is 5.97. The Morgan fingerprint density at radius 2 is 2.19 bits per heavy atom. The molecule has 1 atom stereocenters. The van der Waals surface area contributed by atoms with Gasteiger partial charge in [-0.1, -0.05) is 31.9 Å². The minimum atomic E-state index is -0.769. The lowest BCUT2D eigenvalue weighted by atomic mass is 10.1. The van der Waals surface area contributed by atoms with Crippen LogP contribution in [0.4, 0.5) is 0 Å². The van der Waals surface area contributed by atoms with Crippen molar-refractivity contribution in [2.45, 2.75) is 32.2 Å². The Morgan fingerprint density at radius 1 is 1.50 bits per heavy atom. The summed E-state index contributed by atoms with van der Waals surface area (Å²) < 4.78 is 5.21. The quantitative estimate of drug-likeness (QED) is 0.552. The lowest BCUT2D eigenvalue weighted by Crippen LogP contribution is -2.46. The highest BCUT2D eigenvalue weighted by Gasteiger charge is 2.24. The van der Waals surface area contributed by atoms with Gasteiger partial charge in [-0.15, -0.1) is 0 Å². The van der Waals surface area contributed by atoms with Gasteiger partial charge in [0.05, 0.1) is 13.2 Å². The summed E-state index contributed by atoms with van der Waals surface area (Å²) in [6, 6.07) is -0.485. The maximum Gasteiger partial charge on any atom is 0.324 e. The van der Waals surface area contributed by atoms with Crippen molar-refractivity contribution in [3.63, 3.8) is 0 Å². The van der Waals surface area contributed by atoms with Gasteiger partial charge in [0.25, 0.3) is 0 Å². The van der Waals surface area contributed by atoms with E-state index < -0.39 is 12.0 Å². The number of carbonyl (C=O) groups is 1. The Balaban J connectivity index is 2.45. The van der Waals surface area contributed by atoms with Crippen molar-refractivity contribution in [2.75, 3.05) is 26.3 Å². The Labute approximate surface area is 96.9 Å². The number of allylic oxidation sites excluding steroid dienone is 1. The van der Waals surface area contributed by atoms with Crippen molar-refractivity contribution in [1.29, 1.82) is 0 Å². The minimum absolute atomic E-state index is 0.485. The number of aliphatic carboxylic acids is 1. The van der Waals surface area contributed by atoms with Crippen molar-refractivity contribution >= 4 is 5.97 Å². The fourth-order valence-electron chi connectivity index (χ4n) is 1.76. The number of nitrogens with zero attached hydrogens (tertiary/aromatic N) is 1. The fourth-order valence-corrected chi connectivity index (χ4v) is 1.76. The fraction of sp³-hybridized carbons (Fsp3) is 0.750. The molecule has 0 radical (unpaired) electrons. The molecule has 4 heteroatoms. The van der Waals surface area contributed by atoms with E-state index in [0.29, 0.717) is 26.3 Å². The Hall–Kier alpha value is -0.870. The van der Waals surface area contributed by atoms with Crippen LogP contribution in [-0.2, 0) is 9.53 Å². The molecule has 0 aromatic carbocycles. The average molecular weight is 227 g/mol.